The maximum atomic E-state index is 14.3. The Morgan fingerprint density at radius 3 is 2.89 bits per heavy atom. The van der Waals surface area contributed by atoms with Gasteiger partial charge in [0, 0.05) is 6.42 Å². The largest absolute Gasteiger partial charge is 0.488 e. The fourth-order valence-corrected chi connectivity index (χ4v) is 3.45. The van der Waals surface area contributed by atoms with Crippen molar-refractivity contribution < 1.29 is 18.4 Å². The highest BCUT2D eigenvalue weighted by atomic mass is 35.5. The number of amides is 1. The quantitative estimate of drug-likeness (QED) is 0.730. The Bertz CT molecular complexity index is 973. The second-order valence-corrected chi connectivity index (χ2v) is 6.73. The summed E-state index contributed by atoms with van der Waals surface area (Å²) in [7, 11) is 0. The molecule has 0 fully saturated rings. The van der Waals surface area contributed by atoms with Crippen molar-refractivity contribution in [3.05, 3.63) is 70.2 Å². The number of nitrogens with one attached hydrogen (secondary N) is 1. The molecule has 1 aromatic heterocycles. The lowest BCUT2D eigenvalue weighted by molar-refractivity contribution is 0.0932. The van der Waals surface area contributed by atoms with Gasteiger partial charge in [0.2, 0.25) is 0 Å². The summed E-state index contributed by atoms with van der Waals surface area (Å²) in [5.74, 6) is 0.135. The molecule has 0 bridgehead atoms. The molecule has 7 heteroatoms. The van der Waals surface area contributed by atoms with E-state index in [0.29, 0.717) is 13.0 Å². The number of nitrogens with zero attached hydrogens (tertiary/aromatic N) is 1. The van der Waals surface area contributed by atoms with E-state index < -0.39 is 11.7 Å². The van der Waals surface area contributed by atoms with Crippen LogP contribution in [0.15, 0.2) is 47.0 Å². The van der Waals surface area contributed by atoms with E-state index in [4.69, 9.17) is 20.9 Å². The summed E-state index contributed by atoms with van der Waals surface area (Å²) in [6, 6.07) is 12.0. The monoisotopic (exact) mass is 386 g/mol. The lowest BCUT2D eigenvalue weighted by atomic mass is 10.0. The molecule has 1 aliphatic rings. The zero-order valence-electron chi connectivity index (χ0n) is 14.5. The molecule has 1 atom stereocenters. The van der Waals surface area contributed by atoms with Gasteiger partial charge in [0.25, 0.3) is 5.91 Å². The van der Waals surface area contributed by atoms with Gasteiger partial charge in [0.15, 0.2) is 0 Å². The number of carbonyl (C=O) groups is 1. The zero-order chi connectivity index (χ0) is 19.0. The first kappa shape index (κ1) is 17.5. The number of benzene rings is 2. The minimum Gasteiger partial charge on any atom is -0.488 e. The first-order valence-electron chi connectivity index (χ1n) is 8.48. The van der Waals surface area contributed by atoms with Gasteiger partial charge in [-0.05, 0) is 30.7 Å². The molecule has 4 rings (SSSR count). The predicted octanol–water partition coefficient (Wildman–Crippen LogP) is 4.18. The highest BCUT2D eigenvalue weighted by Gasteiger charge is 2.27. The Hall–Kier alpha value is -2.86. The van der Waals surface area contributed by atoms with Crippen LogP contribution in [-0.2, 0) is 6.42 Å². The van der Waals surface area contributed by atoms with Crippen molar-refractivity contribution in [1.82, 2.24) is 10.5 Å². The number of rotatable bonds is 4. The number of hydrogen-bond acceptors (Lipinski definition) is 4. The minimum absolute atomic E-state index is 0.0469. The first-order chi connectivity index (χ1) is 13.0. The molecule has 1 aliphatic heterocycles. The van der Waals surface area contributed by atoms with E-state index in [-0.39, 0.29) is 33.7 Å². The number of carbonyl (C=O) groups excluding carboxylic acids is 1. The van der Waals surface area contributed by atoms with E-state index in [2.05, 4.69) is 10.5 Å². The number of aromatic nitrogens is 1. The van der Waals surface area contributed by atoms with Crippen LogP contribution in [0.2, 0.25) is 5.02 Å². The van der Waals surface area contributed by atoms with E-state index >= 15 is 0 Å². The van der Waals surface area contributed by atoms with Crippen LogP contribution in [0.25, 0.3) is 11.3 Å². The van der Waals surface area contributed by atoms with Crippen LogP contribution >= 0.6 is 11.6 Å². The summed E-state index contributed by atoms with van der Waals surface area (Å²) in [4.78, 5) is 12.7. The molecule has 0 unspecified atom stereocenters. The van der Waals surface area contributed by atoms with Crippen molar-refractivity contribution >= 4 is 17.5 Å². The first-order valence-corrected chi connectivity index (χ1v) is 8.86. The molecule has 1 N–H and O–H groups in total. The van der Waals surface area contributed by atoms with Gasteiger partial charge in [-0.2, -0.15) is 0 Å². The van der Waals surface area contributed by atoms with Gasteiger partial charge in [0.1, 0.15) is 34.7 Å². The molecule has 0 radical (unpaired) electrons. The van der Waals surface area contributed by atoms with Crippen molar-refractivity contribution in [3.63, 3.8) is 0 Å². The van der Waals surface area contributed by atoms with Crippen molar-refractivity contribution in [2.45, 2.75) is 19.4 Å². The van der Waals surface area contributed by atoms with Gasteiger partial charge in [0.05, 0.1) is 17.1 Å². The van der Waals surface area contributed by atoms with Crippen molar-refractivity contribution in [2.75, 3.05) is 6.54 Å². The Morgan fingerprint density at radius 2 is 2.11 bits per heavy atom. The van der Waals surface area contributed by atoms with Crippen LogP contribution in [-0.4, -0.2) is 23.7 Å². The molecule has 0 aliphatic carbocycles. The number of halogens is 2. The van der Waals surface area contributed by atoms with Crippen molar-refractivity contribution in [3.8, 4) is 17.0 Å². The maximum absolute atomic E-state index is 14.3. The summed E-state index contributed by atoms with van der Waals surface area (Å²) in [5, 5.41) is 6.83. The second kappa shape index (κ2) is 7.04. The fraction of sp³-hybridized carbons (Fsp3) is 0.200. The Morgan fingerprint density at radius 1 is 1.30 bits per heavy atom. The molecule has 0 saturated heterocycles. The summed E-state index contributed by atoms with van der Waals surface area (Å²) >= 11 is 6.11. The highest BCUT2D eigenvalue weighted by Crippen LogP contribution is 2.33. The standard InChI is InChI=1S/C20H16ClFN2O3/c1-11-17(19(24-27-11)18-14(21)6-4-7-15(18)22)20(25)23-10-13-9-12-5-2-3-8-16(12)26-13/h2-8,13H,9-10H2,1H3,(H,23,25)/t13-/m1/s1. The normalized spacial score (nSPS) is 15.3. The lowest BCUT2D eigenvalue weighted by Gasteiger charge is -2.12. The minimum atomic E-state index is -0.570. The Kier molecular flexibility index (Phi) is 4.58. The predicted molar refractivity (Wildman–Crippen MR) is 98.5 cm³/mol. The van der Waals surface area contributed by atoms with E-state index in [9.17, 15) is 9.18 Å². The number of hydrogen-bond donors (Lipinski definition) is 1. The summed E-state index contributed by atoms with van der Waals surface area (Å²) < 4.78 is 25.2. The zero-order valence-corrected chi connectivity index (χ0v) is 15.2. The fourth-order valence-electron chi connectivity index (χ4n) is 3.20. The van der Waals surface area contributed by atoms with Gasteiger partial charge in [-0.1, -0.05) is 41.0 Å². The molecule has 1 amide bonds. The van der Waals surface area contributed by atoms with E-state index in [1.165, 1.54) is 18.2 Å². The number of aryl methyl sites for hydroxylation is 1. The molecule has 3 aromatic rings. The van der Waals surface area contributed by atoms with Crippen LogP contribution in [0.5, 0.6) is 5.75 Å². The van der Waals surface area contributed by atoms with Gasteiger partial charge >= 0.3 is 0 Å². The molecule has 27 heavy (non-hydrogen) atoms. The van der Waals surface area contributed by atoms with Crippen molar-refractivity contribution in [1.29, 1.82) is 0 Å². The molecule has 2 aromatic carbocycles. The van der Waals surface area contributed by atoms with Crippen LogP contribution in [0.3, 0.4) is 0 Å². The Labute approximate surface area is 160 Å². The molecule has 138 valence electrons. The molecular formula is C20H16ClFN2O3. The van der Waals surface area contributed by atoms with Crippen LogP contribution in [0.4, 0.5) is 4.39 Å². The third-order valence-corrected chi connectivity index (χ3v) is 4.81. The molecule has 2 heterocycles. The van der Waals surface area contributed by atoms with Gasteiger partial charge in [-0.3, -0.25) is 4.79 Å². The summed E-state index contributed by atoms with van der Waals surface area (Å²) in [6.07, 6.45) is 0.553. The van der Waals surface area contributed by atoms with Crippen molar-refractivity contribution in [2.24, 2.45) is 0 Å². The van der Waals surface area contributed by atoms with Crippen LogP contribution < -0.4 is 10.1 Å². The van der Waals surface area contributed by atoms with Crippen LogP contribution in [0, 0.1) is 12.7 Å². The topological polar surface area (TPSA) is 64.4 Å². The number of fused-ring (bicyclic) bond motifs is 1. The second-order valence-electron chi connectivity index (χ2n) is 6.32. The molecular weight excluding hydrogens is 371 g/mol. The highest BCUT2D eigenvalue weighted by molar-refractivity contribution is 6.33. The van der Waals surface area contributed by atoms with Gasteiger partial charge in [-0.15, -0.1) is 0 Å². The molecule has 5 nitrogen and oxygen atoms in total. The van der Waals surface area contributed by atoms with E-state index in [1.807, 2.05) is 24.3 Å². The van der Waals surface area contributed by atoms with E-state index in [1.54, 1.807) is 6.92 Å². The average Bonchev–Trinajstić information content (AvgIpc) is 3.23. The Balaban J connectivity index is 1.53. The number of ether oxygens (including phenoxy) is 1. The maximum Gasteiger partial charge on any atom is 0.257 e. The lowest BCUT2D eigenvalue weighted by Crippen LogP contribution is -2.34. The summed E-state index contributed by atoms with van der Waals surface area (Å²) in [6.45, 7) is 1.91. The molecule has 0 saturated carbocycles. The third kappa shape index (κ3) is 3.28. The van der Waals surface area contributed by atoms with Crippen LogP contribution in [0.1, 0.15) is 21.7 Å². The molecule has 0 spiro atoms. The van der Waals surface area contributed by atoms with Gasteiger partial charge in [-0.25, -0.2) is 4.39 Å². The summed E-state index contributed by atoms with van der Waals surface area (Å²) in [5.41, 5.74) is 1.41. The van der Waals surface area contributed by atoms with E-state index in [0.717, 1.165) is 11.3 Å². The van der Waals surface area contributed by atoms with Gasteiger partial charge < -0.3 is 14.6 Å². The third-order valence-electron chi connectivity index (χ3n) is 4.49. The number of para-hydroxylation sites is 1. The SMILES string of the molecule is Cc1onc(-c2c(F)cccc2Cl)c1C(=O)NC[C@H]1Cc2ccccc2O1. The average molecular weight is 387 g/mol. The smallest absolute Gasteiger partial charge is 0.257 e.